The van der Waals surface area contributed by atoms with Crippen LogP contribution in [0.4, 0.5) is 0 Å². The van der Waals surface area contributed by atoms with Gasteiger partial charge in [0.2, 0.25) is 0 Å². The van der Waals surface area contributed by atoms with Crippen molar-refractivity contribution >= 4 is 23.9 Å². The summed E-state index contributed by atoms with van der Waals surface area (Å²) in [5.41, 5.74) is 4.60. The van der Waals surface area contributed by atoms with Crippen molar-refractivity contribution in [3.05, 3.63) is 65.7 Å². The number of carbonyl (C=O) groups excluding carboxylic acids is 1. The standard InChI is InChI=1S/C18H20N2O2S/c1-14(23-13-15-8-4-3-5-9-15)18(21)20-19-12-16-10-6-7-11-17(16)22-2/h3-12,14H,13H2,1-2H3,(H,20,21)/b19-12+. The zero-order chi connectivity index (χ0) is 16.5. The quantitative estimate of drug-likeness (QED) is 0.625. The highest BCUT2D eigenvalue weighted by Gasteiger charge is 2.12. The maximum Gasteiger partial charge on any atom is 0.252 e. The van der Waals surface area contributed by atoms with E-state index < -0.39 is 0 Å². The minimum atomic E-state index is -0.176. The molecule has 120 valence electrons. The van der Waals surface area contributed by atoms with Crippen LogP contribution in [0.1, 0.15) is 18.1 Å². The van der Waals surface area contributed by atoms with Gasteiger partial charge in [-0.3, -0.25) is 4.79 Å². The number of hydrazone groups is 1. The summed E-state index contributed by atoms with van der Waals surface area (Å²) in [4.78, 5) is 12.0. The molecule has 0 aliphatic rings. The average Bonchev–Trinajstić information content (AvgIpc) is 2.60. The van der Waals surface area contributed by atoms with Gasteiger partial charge in [0.15, 0.2) is 0 Å². The molecule has 0 aliphatic heterocycles. The molecular weight excluding hydrogens is 308 g/mol. The second-order valence-electron chi connectivity index (χ2n) is 4.92. The number of thioether (sulfide) groups is 1. The highest BCUT2D eigenvalue weighted by molar-refractivity contribution is 7.99. The van der Waals surface area contributed by atoms with Crippen molar-refractivity contribution in [3.63, 3.8) is 0 Å². The molecule has 0 aliphatic carbocycles. The van der Waals surface area contributed by atoms with Crippen LogP contribution < -0.4 is 10.2 Å². The van der Waals surface area contributed by atoms with Crippen molar-refractivity contribution in [1.29, 1.82) is 0 Å². The molecule has 5 heteroatoms. The summed E-state index contributed by atoms with van der Waals surface area (Å²) in [6.07, 6.45) is 1.59. The zero-order valence-electron chi connectivity index (χ0n) is 13.2. The first-order valence-electron chi connectivity index (χ1n) is 7.32. The number of hydrogen-bond acceptors (Lipinski definition) is 4. The second-order valence-corrected chi connectivity index (χ2v) is 6.24. The fourth-order valence-corrected chi connectivity index (χ4v) is 2.74. The number of rotatable bonds is 7. The number of nitrogens with zero attached hydrogens (tertiary/aromatic N) is 1. The Morgan fingerprint density at radius 2 is 1.91 bits per heavy atom. The molecule has 0 saturated carbocycles. The Kier molecular flexibility index (Phi) is 6.69. The lowest BCUT2D eigenvalue weighted by Gasteiger charge is -2.09. The van der Waals surface area contributed by atoms with E-state index in [2.05, 4.69) is 22.7 Å². The van der Waals surface area contributed by atoms with Crippen LogP contribution >= 0.6 is 11.8 Å². The molecule has 1 unspecified atom stereocenters. The van der Waals surface area contributed by atoms with Crippen LogP contribution in [0.3, 0.4) is 0 Å². The molecule has 23 heavy (non-hydrogen) atoms. The van der Waals surface area contributed by atoms with Crippen molar-refractivity contribution in [2.45, 2.75) is 17.9 Å². The van der Waals surface area contributed by atoms with Crippen LogP contribution in [0.15, 0.2) is 59.7 Å². The van der Waals surface area contributed by atoms with E-state index in [0.717, 1.165) is 17.1 Å². The molecule has 1 amide bonds. The molecule has 0 spiro atoms. The fraction of sp³-hybridized carbons (Fsp3) is 0.222. The van der Waals surface area contributed by atoms with E-state index in [0.29, 0.717) is 0 Å². The lowest BCUT2D eigenvalue weighted by molar-refractivity contribution is -0.120. The Bertz CT molecular complexity index is 659. The van der Waals surface area contributed by atoms with Gasteiger partial charge in [0.05, 0.1) is 18.6 Å². The lowest BCUT2D eigenvalue weighted by Crippen LogP contribution is -2.27. The summed E-state index contributed by atoms with van der Waals surface area (Å²) < 4.78 is 5.23. The molecule has 0 heterocycles. The molecule has 2 aromatic carbocycles. The van der Waals surface area contributed by atoms with Crippen LogP contribution in [0.5, 0.6) is 5.75 Å². The summed E-state index contributed by atoms with van der Waals surface area (Å²) in [6, 6.07) is 17.6. The van der Waals surface area contributed by atoms with Crippen molar-refractivity contribution in [2.24, 2.45) is 5.10 Å². The second kappa shape index (κ2) is 9.00. The van der Waals surface area contributed by atoms with E-state index in [4.69, 9.17) is 4.74 Å². The van der Waals surface area contributed by atoms with E-state index >= 15 is 0 Å². The van der Waals surface area contributed by atoms with Crippen LogP contribution in [0.2, 0.25) is 0 Å². The Labute approximate surface area is 140 Å². The largest absolute Gasteiger partial charge is 0.496 e. The highest BCUT2D eigenvalue weighted by Crippen LogP contribution is 2.17. The van der Waals surface area contributed by atoms with Gasteiger partial charge in [-0.05, 0) is 24.6 Å². The number of amides is 1. The summed E-state index contributed by atoms with van der Waals surface area (Å²) in [7, 11) is 1.60. The van der Waals surface area contributed by atoms with E-state index in [1.807, 2.05) is 49.4 Å². The third-order valence-electron chi connectivity index (χ3n) is 3.23. The Balaban J connectivity index is 1.83. The third-order valence-corrected chi connectivity index (χ3v) is 4.44. The van der Waals surface area contributed by atoms with Crippen LogP contribution in [0, 0.1) is 0 Å². The summed E-state index contributed by atoms with van der Waals surface area (Å²) in [6.45, 7) is 1.88. The van der Waals surface area contributed by atoms with Crippen LogP contribution in [0.25, 0.3) is 0 Å². The van der Waals surface area contributed by atoms with E-state index in [1.165, 1.54) is 5.56 Å². The summed E-state index contributed by atoms with van der Waals surface area (Å²) in [5, 5.41) is 3.83. The van der Waals surface area contributed by atoms with Crippen molar-refractivity contribution in [2.75, 3.05) is 7.11 Å². The Morgan fingerprint density at radius 3 is 2.65 bits per heavy atom. The Hall–Kier alpha value is -2.27. The van der Waals surface area contributed by atoms with Crippen LogP contribution in [-0.4, -0.2) is 24.5 Å². The van der Waals surface area contributed by atoms with Gasteiger partial charge in [0, 0.05) is 11.3 Å². The van der Waals surface area contributed by atoms with Gasteiger partial charge in [0.25, 0.3) is 5.91 Å². The first-order chi connectivity index (χ1) is 11.2. The van der Waals surface area contributed by atoms with Crippen molar-refractivity contribution in [3.8, 4) is 5.75 Å². The number of carbonyl (C=O) groups is 1. The molecule has 1 atom stereocenters. The first-order valence-corrected chi connectivity index (χ1v) is 8.37. The number of ether oxygens (including phenoxy) is 1. The minimum Gasteiger partial charge on any atom is -0.496 e. The smallest absolute Gasteiger partial charge is 0.252 e. The lowest BCUT2D eigenvalue weighted by atomic mass is 10.2. The van der Waals surface area contributed by atoms with Crippen LogP contribution in [-0.2, 0) is 10.5 Å². The van der Waals surface area contributed by atoms with Gasteiger partial charge in [0.1, 0.15) is 5.75 Å². The predicted octanol–water partition coefficient (Wildman–Crippen LogP) is 3.47. The number of hydrogen-bond donors (Lipinski definition) is 1. The SMILES string of the molecule is COc1ccccc1/C=N/NC(=O)C(C)SCc1ccccc1. The van der Waals surface area contributed by atoms with Gasteiger partial charge in [-0.2, -0.15) is 5.10 Å². The number of nitrogens with one attached hydrogen (secondary N) is 1. The molecule has 1 N–H and O–H groups in total. The van der Waals surface area contributed by atoms with Gasteiger partial charge in [-0.1, -0.05) is 42.5 Å². The minimum absolute atomic E-state index is 0.114. The normalized spacial score (nSPS) is 12.1. The van der Waals surface area contributed by atoms with Gasteiger partial charge in [-0.15, -0.1) is 11.8 Å². The van der Waals surface area contributed by atoms with Gasteiger partial charge in [-0.25, -0.2) is 5.43 Å². The average molecular weight is 328 g/mol. The first kappa shape index (κ1) is 17.1. The number of para-hydroxylation sites is 1. The number of methoxy groups -OCH3 is 1. The highest BCUT2D eigenvalue weighted by atomic mass is 32.2. The van der Waals surface area contributed by atoms with Gasteiger partial charge < -0.3 is 4.74 Å². The zero-order valence-corrected chi connectivity index (χ0v) is 14.0. The molecule has 0 saturated heterocycles. The molecule has 4 nitrogen and oxygen atoms in total. The van der Waals surface area contributed by atoms with Crippen molar-refractivity contribution < 1.29 is 9.53 Å². The maximum absolute atomic E-state index is 12.0. The van der Waals surface area contributed by atoms with Crippen molar-refractivity contribution in [1.82, 2.24) is 5.43 Å². The molecule has 0 aromatic heterocycles. The summed E-state index contributed by atoms with van der Waals surface area (Å²) >= 11 is 1.58. The molecule has 2 rings (SSSR count). The number of benzene rings is 2. The molecular formula is C18H20N2O2S. The van der Waals surface area contributed by atoms with E-state index in [9.17, 15) is 4.79 Å². The van der Waals surface area contributed by atoms with E-state index in [-0.39, 0.29) is 11.2 Å². The van der Waals surface area contributed by atoms with Gasteiger partial charge >= 0.3 is 0 Å². The monoisotopic (exact) mass is 328 g/mol. The molecule has 2 aromatic rings. The molecule has 0 bridgehead atoms. The predicted molar refractivity (Wildman–Crippen MR) is 95.9 cm³/mol. The topological polar surface area (TPSA) is 50.7 Å². The third kappa shape index (κ3) is 5.45. The van der Waals surface area contributed by atoms with E-state index in [1.54, 1.807) is 25.1 Å². The summed E-state index contributed by atoms with van der Waals surface area (Å²) in [5.74, 6) is 1.40. The molecule has 0 fully saturated rings. The molecule has 0 radical (unpaired) electrons. The fourth-order valence-electron chi connectivity index (χ4n) is 1.90. The maximum atomic E-state index is 12.0. The Morgan fingerprint density at radius 1 is 1.22 bits per heavy atom.